The Kier molecular flexibility index (Phi) is 7.03. The smallest absolute Gasteiger partial charge is 0.220 e. The van der Waals surface area contributed by atoms with E-state index < -0.39 is 0 Å². The van der Waals surface area contributed by atoms with E-state index in [1.54, 1.807) is 11.3 Å². The molecule has 1 aromatic heterocycles. The number of fused-ring (bicyclic) bond motifs is 1. The SMILES string of the molecule is C[C@@H]1C[C@H](C)CN(CCCNC(=O)CCCc2nc3ccccc3s2)C1. The molecule has 3 rings (SSSR count). The number of piperidine rings is 1. The van der Waals surface area contributed by atoms with Crippen molar-refractivity contribution in [3.63, 3.8) is 0 Å². The number of likely N-dealkylation sites (tertiary alicyclic amines) is 1. The Hall–Kier alpha value is -1.46. The van der Waals surface area contributed by atoms with Gasteiger partial charge in [0.1, 0.15) is 0 Å². The number of benzene rings is 1. The maximum absolute atomic E-state index is 12.0. The van der Waals surface area contributed by atoms with Crippen molar-refractivity contribution in [1.29, 1.82) is 0 Å². The van der Waals surface area contributed by atoms with Gasteiger partial charge in [-0.05, 0) is 56.2 Å². The van der Waals surface area contributed by atoms with E-state index in [2.05, 4.69) is 35.1 Å². The van der Waals surface area contributed by atoms with E-state index in [1.807, 2.05) is 18.2 Å². The number of amides is 1. The molecule has 1 N–H and O–H groups in total. The number of hydrogen-bond acceptors (Lipinski definition) is 4. The summed E-state index contributed by atoms with van der Waals surface area (Å²) < 4.78 is 1.23. The molecule has 2 heterocycles. The second-order valence-electron chi connectivity index (χ2n) is 7.84. The summed E-state index contributed by atoms with van der Waals surface area (Å²) in [6.07, 6.45) is 4.74. The van der Waals surface area contributed by atoms with Crippen molar-refractivity contribution in [1.82, 2.24) is 15.2 Å². The fraction of sp³-hybridized carbons (Fsp3) is 0.619. The van der Waals surface area contributed by atoms with Gasteiger partial charge >= 0.3 is 0 Å². The molecule has 0 saturated carbocycles. The Bertz CT molecular complexity index is 671. The highest BCUT2D eigenvalue weighted by molar-refractivity contribution is 7.18. The van der Waals surface area contributed by atoms with Crippen LogP contribution in [0, 0.1) is 11.8 Å². The van der Waals surface area contributed by atoms with Crippen LogP contribution in [-0.2, 0) is 11.2 Å². The molecule has 1 fully saturated rings. The summed E-state index contributed by atoms with van der Waals surface area (Å²) in [5.41, 5.74) is 1.07. The fourth-order valence-electron chi connectivity index (χ4n) is 4.02. The van der Waals surface area contributed by atoms with Gasteiger partial charge in [-0.15, -0.1) is 11.3 Å². The lowest BCUT2D eigenvalue weighted by molar-refractivity contribution is -0.121. The van der Waals surface area contributed by atoms with Crippen molar-refractivity contribution >= 4 is 27.5 Å². The number of nitrogens with one attached hydrogen (secondary N) is 1. The average molecular weight is 374 g/mol. The molecule has 1 aliphatic heterocycles. The number of aryl methyl sites for hydroxylation is 1. The highest BCUT2D eigenvalue weighted by Crippen LogP contribution is 2.23. The van der Waals surface area contributed by atoms with Crippen LogP contribution < -0.4 is 5.32 Å². The van der Waals surface area contributed by atoms with Crippen molar-refractivity contribution in [2.45, 2.75) is 46.0 Å². The number of thiazole rings is 1. The van der Waals surface area contributed by atoms with E-state index in [9.17, 15) is 4.79 Å². The van der Waals surface area contributed by atoms with Crippen LogP contribution in [0.15, 0.2) is 24.3 Å². The molecule has 5 heteroatoms. The first-order valence-electron chi connectivity index (χ1n) is 9.93. The van der Waals surface area contributed by atoms with Crippen molar-refractivity contribution < 1.29 is 4.79 Å². The van der Waals surface area contributed by atoms with Crippen LogP contribution in [-0.4, -0.2) is 42.0 Å². The van der Waals surface area contributed by atoms with E-state index in [0.29, 0.717) is 6.42 Å². The highest BCUT2D eigenvalue weighted by Gasteiger charge is 2.21. The molecule has 26 heavy (non-hydrogen) atoms. The predicted octanol–water partition coefficient (Wildman–Crippen LogP) is 4.10. The van der Waals surface area contributed by atoms with Crippen LogP contribution in [0.1, 0.15) is 44.5 Å². The summed E-state index contributed by atoms with van der Waals surface area (Å²) in [4.78, 5) is 19.2. The molecular weight excluding hydrogens is 342 g/mol. The number of aromatic nitrogens is 1. The molecule has 1 aliphatic rings. The number of carbonyl (C=O) groups excluding carboxylic acids is 1. The van der Waals surface area contributed by atoms with E-state index in [4.69, 9.17) is 0 Å². The van der Waals surface area contributed by atoms with Gasteiger partial charge < -0.3 is 10.2 Å². The van der Waals surface area contributed by atoms with Gasteiger partial charge in [0, 0.05) is 26.1 Å². The second kappa shape index (κ2) is 9.47. The summed E-state index contributed by atoms with van der Waals surface area (Å²) in [7, 11) is 0. The molecule has 1 amide bonds. The molecular formula is C21H31N3OS. The first kappa shape index (κ1) is 19.3. The minimum Gasteiger partial charge on any atom is -0.356 e. The minimum atomic E-state index is 0.173. The zero-order chi connectivity index (χ0) is 18.4. The third-order valence-corrected chi connectivity index (χ3v) is 6.15. The Morgan fingerprint density at radius 2 is 2.00 bits per heavy atom. The Morgan fingerprint density at radius 3 is 2.77 bits per heavy atom. The van der Waals surface area contributed by atoms with Gasteiger partial charge in [0.25, 0.3) is 0 Å². The molecule has 0 unspecified atom stereocenters. The molecule has 142 valence electrons. The molecule has 2 atom stereocenters. The minimum absolute atomic E-state index is 0.173. The first-order chi connectivity index (χ1) is 12.6. The lowest BCUT2D eigenvalue weighted by Crippen LogP contribution is -2.40. The van der Waals surface area contributed by atoms with Crippen LogP contribution in [0.4, 0.5) is 0 Å². The largest absolute Gasteiger partial charge is 0.356 e. The summed E-state index contributed by atoms with van der Waals surface area (Å²) in [5.74, 6) is 1.78. The van der Waals surface area contributed by atoms with Crippen LogP contribution in [0.5, 0.6) is 0 Å². The molecule has 4 nitrogen and oxygen atoms in total. The lowest BCUT2D eigenvalue weighted by atomic mass is 9.92. The van der Waals surface area contributed by atoms with E-state index in [1.165, 1.54) is 24.2 Å². The van der Waals surface area contributed by atoms with Gasteiger partial charge in [-0.2, -0.15) is 0 Å². The number of hydrogen-bond donors (Lipinski definition) is 1. The van der Waals surface area contributed by atoms with Gasteiger partial charge in [-0.25, -0.2) is 4.98 Å². The number of rotatable bonds is 8. The van der Waals surface area contributed by atoms with Crippen molar-refractivity contribution in [2.24, 2.45) is 11.8 Å². The van der Waals surface area contributed by atoms with E-state index in [-0.39, 0.29) is 5.91 Å². The molecule has 0 radical (unpaired) electrons. The molecule has 2 aromatic rings. The molecule has 0 aliphatic carbocycles. The maximum atomic E-state index is 12.0. The maximum Gasteiger partial charge on any atom is 0.220 e. The highest BCUT2D eigenvalue weighted by atomic mass is 32.1. The Balaban J connectivity index is 1.28. The van der Waals surface area contributed by atoms with E-state index >= 15 is 0 Å². The second-order valence-corrected chi connectivity index (χ2v) is 8.95. The third kappa shape index (κ3) is 5.78. The van der Waals surface area contributed by atoms with Crippen molar-refractivity contribution in [3.8, 4) is 0 Å². The summed E-state index contributed by atoms with van der Waals surface area (Å²) in [6.45, 7) is 8.99. The first-order valence-corrected chi connectivity index (χ1v) is 10.8. The summed E-state index contributed by atoms with van der Waals surface area (Å²) in [6, 6.07) is 8.21. The van der Waals surface area contributed by atoms with Crippen LogP contribution in [0.25, 0.3) is 10.2 Å². The number of carbonyl (C=O) groups is 1. The van der Waals surface area contributed by atoms with Crippen molar-refractivity contribution in [3.05, 3.63) is 29.3 Å². The average Bonchev–Trinajstić information content (AvgIpc) is 3.00. The van der Waals surface area contributed by atoms with Gasteiger partial charge in [-0.3, -0.25) is 4.79 Å². The van der Waals surface area contributed by atoms with Gasteiger partial charge in [0.05, 0.1) is 15.2 Å². The number of nitrogens with zero attached hydrogens (tertiary/aromatic N) is 2. The van der Waals surface area contributed by atoms with Gasteiger partial charge in [0.15, 0.2) is 0 Å². The summed E-state index contributed by atoms with van der Waals surface area (Å²) >= 11 is 1.74. The zero-order valence-corrected chi connectivity index (χ0v) is 16.9. The normalized spacial score (nSPS) is 21.2. The zero-order valence-electron chi connectivity index (χ0n) is 16.0. The molecule has 0 spiro atoms. The quantitative estimate of drug-likeness (QED) is 0.709. The third-order valence-electron chi connectivity index (χ3n) is 5.05. The molecule has 1 aromatic carbocycles. The Labute approximate surface area is 161 Å². The number of para-hydroxylation sites is 1. The van der Waals surface area contributed by atoms with Crippen LogP contribution in [0.2, 0.25) is 0 Å². The van der Waals surface area contributed by atoms with Gasteiger partial charge in [-0.1, -0.05) is 26.0 Å². The fourth-order valence-corrected chi connectivity index (χ4v) is 5.03. The topological polar surface area (TPSA) is 45.2 Å². The molecule has 0 bridgehead atoms. The monoisotopic (exact) mass is 373 g/mol. The van der Waals surface area contributed by atoms with E-state index in [0.717, 1.165) is 54.7 Å². The predicted molar refractivity (Wildman–Crippen MR) is 110 cm³/mol. The van der Waals surface area contributed by atoms with Crippen molar-refractivity contribution in [2.75, 3.05) is 26.2 Å². The summed E-state index contributed by atoms with van der Waals surface area (Å²) in [5, 5.41) is 4.21. The molecule has 1 saturated heterocycles. The Morgan fingerprint density at radius 1 is 1.23 bits per heavy atom. The standard InChI is InChI=1S/C21H31N3OS/c1-16-13-17(2)15-24(14-16)12-6-11-22-20(25)9-5-10-21-23-18-7-3-4-8-19(18)26-21/h3-4,7-8,16-17H,5-6,9-15H2,1-2H3,(H,22,25)/t16-,17+. The van der Waals surface area contributed by atoms with Crippen LogP contribution >= 0.6 is 11.3 Å². The van der Waals surface area contributed by atoms with Gasteiger partial charge in [0.2, 0.25) is 5.91 Å². The lowest BCUT2D eigenvalue weighted by Gasteiger charge is -2.34. The van der Waals surface area contributed by atoms with Crippen LogP contribution in [0.3, 0.4) is 0 Å².